The second-order valence-electron chi connectivity index (χ2n) is 3.38. The molecule has 0 aliphatic heterocycles. The fourth-order valence-electron chi connectivity index (χ4n) is 0.978. The zero-order valence-electron chi connectivity index (χ0n) is 8.70. The highest BCUT2D eigenvalue weighted by molar-refractivity contribution is 6.00. The van der Waals surface area contributed by atoms with E-state index in [0.29, 0.717) is 11.8 Å². The predicted molar refractivity (Wildman–Crippen MR) is 61.2 cm³/mol. The maximum atomic E-state index is 7.70. The SMILES string of the molecule is CC[C@H](C)C=NC(=N)c1ccccc1. The van der Waals surface area contributed by atoms with Crippen LogP contribution >= 0.6 is 0 Å². The number of rotatable bonds is 3. The standard InChI is InChI=1S/C12H16N2/c1-3-10(2)9-14-12(13)11-7-5-4-6-8-11/h4-10,13H,3H2,1-2H3/t10-/m0/s1. The topological polar surface area (TPSA) is 36.2 Å². The molecular formula is C12H16N2. The zero-order chi connectivity index (χ0) is 10.4. The number of benzene rings is 1. The van der Waals surface area contributed by atoms with E-state index in [9.17, 15) is 0 Å². The van der Waals surface area contributed by atoms with Crippen molar-refractivity contribution >= 4 is 12.1 Å². The van der Waals surface area contributed by atoms with Gasteiger partial charge in [-0.15, -0.1) is 0 Å². The van der Waals surface area contributed by atoms with Gasteiger partial charge in [-0.1, -0.05) is 44.2 Å². The van der Waals surface area contributed by atoms with E-state index in [1.165, 1.54) is 0 Å². The fraction of sp³-hybridized carbons (Fsp3) is 0.333. The van der Waals surface area contributed by atoms with E-state index < -0.39 is 0 Å². The predicted octanol–water partition coefficient (Wildman–Crippen LogP) is 3.13. The highest BCUT2D eigenvalue weighted by Crippen LogP contribution is 2.02. The van der Waals surface area contributed by atoms with E-state index in [4.69, 9.17) is 5.41 Å². The minimum absolute atomic E-state index is 0.339. The van der Waals surface area contributed by atoms with Gasteiger partial charge in [0.1, 0.15) is 0 Å². The highest BCUT2D eigenvalue weighted by atomic mass is 14.8. The molecule has 2 heteroatoms. The first-order chi connectivity index (χ1) is 6.74. The number of hydrogen-bond acceptors (Lipinski definition) is 1. The normalized spacial score (nSPS) is 13.0. The lowest BCUT2D eigenvalue weighted by atomic mass is 10.1. The van der Waals surface area contributed by atoms with Gasteiger partial charge < -0.3 is 0 Å². The molecule has 0 radical (unpaired) electrons. The van der Waals surface area contributed by atoms with Gasteiger partial charge in [0.05, 0.1) is 0 Å². The van der Waals surface area contributed by atoms with Crippen LogP contribution in [0.15, 0.2) is 35.3 Å². The van der Waals surface area contributed by atoms with Crippen LogP contribution in [0.5, 0.6) is 0 Å². The van der Waals surface area contributed by atoms with Crippen LogP contribution in [0.2, 0.25) is 0 Å². The number of amidine groups is 1. The molecule has 74 valence electrons. The van der Waals surface area contributed by atoms with Crippen molar-refractivity contribution in [2.75, 3.05) is 0 Å². The van der Waals surface area contributed by atoms with Gasteiger partial charge in [0.2, 0.25) is 0 Å². The molecule has 0 fully saturated rings. The third kappa shape index (κ3) is 3.13. The largest absolute Gasteiger partial charge is 0.282 e. The summed E-state index contributed by atoms with van der Waals surface area (Å²) in [5.74, 6) is 0.782. The molecular weight excluding hydrogens is 172 g/mol. The third-order valence-corrected chi connectivity index (χ3v) is 2.15. The summed E-state index contributed by atoms with van der Waals surface area (Å²) in [7, 11) is 0. The van der Waals surface area contributed by atoms with Crippen LogP contribution < -0.4 is 0 Å². The van der Waals surface area contributed by atoms with Crippen LogP contribution in [0.1, 0.15) is 25.8 Å². The molecule has 0 spiro atoms. The molecule has 0 saturated carbocycles. The molecule has 1 atom stereocenters. The van der Waals surface area contributed by atoms with Crippen molar-refractivity contribution in [1.29, 1.82) is 5.41 Å². The molecule has 0 aliphatic carbocycles. The average molecular weight is 188 g/mol. The summed E-state index contributed by atoms with van der Waals surface area (Å²) in [6, 6.07) is 9.58. The Morgan fingerprint density at radius 2 is 2.07 bits per heavy atom. The van der Waals surface area contributed by atoms with Crippen molar-refractivity contribution in [2.45, 2.75) is 20.3 Å². The van der Waals surface area contributed by atoms with Gasteiger partial charge in [0.25, 0.3) is 0 Å². The molecule has 0 aliphatic rings. The summed E-state index contributed by atoms with van der Waals surface area (Å²) in [5, 5.41) is 7.70. The minimum Gasteiger partial charge on any atom is -0.282 e. The molecule has 1 rings (SSSR count). The van der Waals surface area contributed by atoms with Gasteiger partial charge in [0.15, 0.2) is 5.84 Å². The van der Waals surface area contributed by atoms with E-state index in [0.717, 1.165) is 12.0 Å². The van der Waals surface area contributed by atoms with Crippen LogP contribution in [0.4, 0.5) is 0 Å². The maximum absolute atomic E-state index is 7.70. The van der Waals surface area contributed by atoms with Crippen LogP contribution in [-0.4, -0.2) is 12.1 Å². The number of nitrogens with one attached hydrogen (secondary N) is 1. The maximum Gasteiger partial charge on any atom is 0.151 e. The van der Waals surface area contributed by atoms with Gasteiger partial charge in [-0.25, -0.2) is 4.99 Å². The van der Waals surface area contributed by atoms with Gasteiger partial charge in [-0.05, 0) is 12.3 Å². The van der Waals surface area contributed by atoms with Crippen LogP contribution in [-0.2, 0) is 0 Å². The molecule has 1 aromatic rings. The Hall–Kier alpha value is -1.44. The fourth-order valence-corrected chi connectivity index (χ4v) is 0.978. The average Bonchev–Trinajstić information content (AvgIpc) is 2.26. The molecule has 0 amide bonds. The molecule has 0 bridgehead atoms. The van der Waals surface area contributed by atoms with E-state index in [1.54, 1.807) is 0 Å². The summed E-state index contributed by atoms with van der Waals surface area (Å²) in [4.78, 5) is 4.12. The first kappa shape index (κ1) is 10.6. The monoisotopic (exact) mass is 188 g/mol. The summed E-state index contributed by atoms with van der Waals surface area (Å²) in [6.45, 7) is 4.21. The van der Waals surface area contributed by atoms with Crippen molar-refractivity contribution < 1.29 is 0 Å². The van der Waals surface area contributed by atoms with E-state index in [1.807, 2.05) is 36.5 Å². The number of nitrogens with zero attached hydrogens (tertiary/aromatic N) is 1. The Balaban J connectivity index is 2.64. The van der Waals surface area contributed by atoms with Gasteiger partial charge in [-0.2, -0.15) is 0 Å². The second-order valence-corrected chi connectivity index (χ2v) is 3.38. The van der Waals surface area contributed by atoms with Gasteiger partial charge in [-0.3, -0.25) is 5.41 Å². The van der Waals surface area contributed by atoms with E-state index in [-0.39, 0.29) is 0 Å². The molecule has 0 unspecified atom stereocenters. The molecule has 0 saturated heterocycles. The van der Waals surface area contributed by atoms with Crippen molar-refractivity contribution in [3.05, 3.63) is 35.9 Å². The zero-order valence-corrected chi connectivity index (χ0v) is 8.70. The first-order valence-electron chi connectivity index (χ1n) is 4.92. The van der Waals surface area contributed by atoms with Crippen molar-refractivity contribution in [3.63, 3.8) is 0 Å². The summed E-state index contributed by atoms with van der Waals surface area (Å²) in [6.07, 6.45) is 2.90. The van der Waals surface area contributed by atoms with E-state index in [2.05, 4.69) is 18.8 Å². The quantitative estimate of drug-likeness (QED) is 0.559. The summed E-state index contributed by atoms with van der Waals surface area (Å²) in [5.41, 5.74) is 0.868. The minimum atomic E-state index is 0.339. The Morgan fingerprint density at radius 3 is 2.64 bits per heavy atom. The van der Waals surface area contributed by atoms with Crippen molar-refractivity contribution in [2.24, 2.45) is 10.9 Å². The lowest BCUT2D eigenvalue weighted by Gasteiger charge is -2.00. The van der Waals surface area contributed by atoms with Gasteiger partial charge >= 0.3 is 0 Å². The molecule has 2 nitrogen and oxygen atoms in total. The lowest BCUT2D eigenvalue weighted by molar-refractivity contribution is 0.755. The smallest absolute Gasteiger partial charge is 0.151 e. The first-order valence-corrected chi connectivity index (χ1v) is 4.92. The summed E-state index contributed by atoms with van der Waals surface area (Å²) < 4.78 is 0. The Kier molecular flexibility index (Phi) is 4.05. The summed E-state index contributed by atoms with van der Waals surface area (Å²) >= 11 is 0. The Bertz CT molecular complexity index is 314. The molecule has 14 heavy (non-hydrogen) atoms. The molecule has 0 heterocycles. The highest BCUT2D eigenvalue weighted by Gasteiger charge is 1.97. The second kappa shape index (κ2) is 5.32. The number of hydrogen-bond donors (Lipinski definition) is 1. The molecule has 1 N–H and O–H groups in total. The van der Waals surface area contributed by atoms with Crippen LogP contribution in [0.3, 0.4) is 0 Å². The van der Waals surface area contributed by atoms with Crippen molar-refractivity contribution in [3.8, 4) is 0 Å². The van der Waals surface area contributed by atoms with E-state index >= 15 is 0 Å². The number of aliphatic imine (C=N–C) groups is 1. The van der Waals surface area contributed by atoms with Crippen LogP contribution in [0.25, 0.3) is 0 Å². The molecule has 1 aromatic carbocycles. The Labute approximate surface area is 85.2 Å². The molecule has 0 aromatic heterocycles. The Morgan fingerprint density at radius 1 is 1.43 bits per heavy atom. The van der Waals surface area contributed by atoms with Crippen molar-refractivity contribution in [1.82, 2.24) is 0 Å². The van der Waals surface area contributed by atoms with Gasteiger partial charge in [0, 0.05) is 11.8 Å². The van der Waals surface area contributed by atoms with Crippen LogP contribution in [0, 0.1) is 11.3 Å². The third-order valence-electron chi connectivity index (χ3n) is 2.15. The lowest BCUT2D eigenvalue weighted by Crippen LogP contribution is -1.99.